The van der Waals surface area contributed by atoms with Gasteiger partial charge in [0.05, 0.1) is 30.0 Å². The number of hydrogen-bond acceptors (Lipinski definition) is 10. The number of benzene rings is 2. The molecular weight excluding hydrogens is 528 g/mol. The summed E-state index contributed by atoms with van der Waals surface area (Å²) < 4.78 is 6.29. The van der Waals surface area contributed by atoms with E-state index in [1.54, 1.807) is 6.07 Å². The highest BCUT2D eigenvalue weighted by atomic mass is 79.9. The molecule has 0 atom stereocenters. The molecule has 13 heteroatoms. The summed E-state index contributed by atoms with van der Waals surface area (Å²) in [5.74, 6) is 1.02. The first kappa shape index (κ1) is 23.8. The van der Waals surface area contributed by atoms with Crippen LogP contribution in [0.4, 0.5) is 29.2 Å². The normalized spacial score (nSPS) is 13.8. The molecular formula is C21H20BrClN8O3. The van der Waals surface area contributed by atoms with Crippen molar-refractivity contribution in [2.75, 3.05) is 41.9 Å². The minimum absolute atomic E-state index is 0.0562. The Balaban J connectivity index is 1.59. The van der Waals surface area contributed by atoms with Gasteiger partial charge in [0.25, 0.3) is 5.69 Å². The molecule has 1 saturated heterocycles. The van der Waals surface area contributed by atoms with Gasteiger partial charge in [-0.25, -0.2) is 5.43 Å². The van der Waals surface area contributed by atoms with Crippen LogP contribution in [0.3, 0.4) is 0 Å². The molecule has 2 aromatic carbocycles. The lowest BCUT2D eigenvalue weighted by atomic mass is 10.2. The van der Waals surface area contributed by atoms with Crippen molar-refractivity contribution in [1.29, 1.82) is 0 Å². The number of nitro benzene ring substituents is 1. The van der Waals surface area contributed by atoms with E-state index in [0.29, 0.717) is 43.8 Å². The van der Waals surface area contributed by atoms with E-state index in [1.165, 1.54) is 18.3 Å². The molecule has 34 heavy (non-hydrogen) atoms. The Bertz CT molecular complexity index is 1240. The predicted molar refractivity (Wildman–Crippen MR) is 134 cm³/mol. The molecule has 0 unspecified atom stereocenters. The summed E-state index contributed by atoms with van der Waals surface area (Å²) in [7, 11) is 0. The third-order valence-corrected chi connectivity index (χ3v) is 5.81. The summed E-state index contributed by atoms with van der Waals surface area (Å²) in [4.78, 5) is 26.0. The van der Waals surface area contributed by atoms with Crippen molar-refractivity contribution in [1.82, 2.24) is 15.0 Å². The molecule has 176 valence electrons. The van der Waals surface area contributed by atoms with Crippen LogP contribution in [0, 0.1) is 17.0 Å². The molecule has 0 aliphatic carbocycles. The average molecular weight is 548 g/mol. The first-order valence-corrected chi connectivity index (χ1v) is 11.4. The van der Waals surface area contributed by atoms with Crippen molar-refractivity contribution in [2.24, 2.45) is 5.10 Å². The van der Waals surface area contributed by atoms with Crippen LogP contribution in [0.5, 0.6) is 0 Å². The molecule has 0 amide bonds. The number of nitro groups is 1. The lowest BCUT2D eigenvalue weighted by molar-refractivity contribution is -0.384. The molecule has 4 rings (SSSR count). The van der Waals surface area contributed by atoms with Crippen LogP contribution in [-0.4, -0.2) is 52.4 Å². The molecule has 1 fully saturated rings. The Hall–Kier alpha value is -3.35. The lowest BCUT2D eigenvalue weighted by Gasteiger charge is -2.27. The predicted octanol–water partition coefficient (Wildman–Crippen LogP) is 4.53. The number of morpholine rings is 1. The SMILES string of the molecule is Cc1ccc(Nc2nc(N/N=C\c3ccc(Cl)c([N+](=O)[O-])c3)nc(N3CCOCC3)n2)c(Br)c1. The number of nitrogens with one attached hydrogen (secondary N) is 2. The van der Waals surface area contributed by atoms with E-state index in [9.17, 15) is 10.1 Å². The first-order valence-electron chi connectivity index (χ1n) is 10.2. The molecule has 0 saturated carbocycles. The van der Waals surface area contributed by atoms with Gasteiger partial charge >= 0.3 is 0 Å². The molecule has 11 nitrogen and oxygen atoms in total. The number of halogens is 2. The molecule has 1 aromatic heterocycles. The summed E-state index contributed by atoms with van der Waals surface area (Å²) in [5.41, 5.74) is 4.99. The van der Waals surface area contributed by atoms with Crippen molar-refractivity contribution < 1.29 is 9.66 Å². The fourth-order valence-corrected chi connectivity index (χ4v) is 3.91. The van der Waals surface area contributed by atoms with Gasteiger partial charge < -0.3 is 15.0 Å². The third kappa shape index (κ3) is 5.95. The van der Waals surface area contributed by atoms with Gasteiger partial charge in [0, 0.05) is 29.2 Å². The highest BCUT2D eigenvalue weighted by molar-refractivity contribution is 9.10. The van der Waals surface area contributed by atoms with Crippen molar-refractivity contribution in [3.63, 3.8) is 0 Å². The third-order valence-electron chi connectivity index (χ3n) is 4.83. The Morgan fingerprint density at radius 2 is 1.94 bits per heavy atom. The van der Waals surface area contributed by atoms with Crippen molar-refractivity contribution in [2.45, 2.75) is 6.92 Å². The fraction of sp³-hybridized carbons (Fsp3) is 0.238. The van der Waals surface area contributed by atoms with E-state index in [2.05, 4.69) is 46.7 Å². The highest BCUT2D eigenvalue weighted by Gasteiger charge is 2.17. The van der Waals surface area contributed by atoms with E-state index in [4.69, 9.17) is 16.3 Å². The van der Waals surface area contributed by atoms with Gasteiger partial charge in [-0.15, -0.1) is 0 Å². The monoisotopic (exact) mass is 546 g/mol. The molecule has 0 radical (unpaired) electrons. The standard InChI is InChI=1S/C21H20BrClN8O3/c1-13-2-5-17(15(22)10-13)25-19-26-20(28-21(27-19)30-6-8-34-9-7-30)29-24-12-14-3-4-16(23)18(11-14)31(32)33/h2-5,10-12H,6-9H2,1H3,(H2,25,26,27,28,29)/b24-12-. The minimum Gasteiger partial charge on any atom is -0.378 e. The summed E-state index contributed by atoms with van der Waals surface area (Å²) in [6.45, 7) is 4.45. The number of rotatable bonds is 7. The Kier molecular flexibility index (Phi) is 7.50. The van der Waals surface area contributed by atoms with Crippen LogP contribution in [0.1, 0.15) is 11.1 Å². The summed E-state index contributed by atoms with van der Waals surface area (Å²) in [5, 5.41) is 18.5. The number of ether oxygens (including phenoxy) is 1. The molecule has 1 aliphatic rings. The van der Waals surface area contributed by atoms with Crippen LogP contribution in [0.15, 0.2) is 46.0 Å². The van der Waals surface area contributed by atoms with Crippen LogP contribution in [0.25, 0.3) is 0 Å². The lowest BCUT2D eigenvalue weighted by Crippen LogP contribution is -2.37. The summed E-state index contributed by atoms with van der Waals surface area (Å²) in [6.07, 6.45) is 1.42. The largest absolute Gasteiger partial charge is 0.378 e. The molecule has 0 spiro atoms. The number of hydrazone groups is 1. The number of hydrogen-bond donors (Lipinski definition) is 2. The van der Waals surface area contributed by atoms with Crippen LogP contribution in [0.2, 0.25) is 5.02 Å². The Labute approximate surface area is 208 Å². The number of aryl methyl sites for hydroxylation is 1. The number of aromatic nitrogens is 3. The second-order valence-electron chi connectivity index (χ2n) is 7.33. The van der Waals surface area contributed by atoms with Gasteiger partial charge in [-0.1, -0.05) is 23.7 Å². The smallest absolute Gasteiger partial charge is 0.288 e. The second-order valence-corrected chi connectivity index (χ2v) is 8.59. The van der Waals surface area contributed by atoms with Gasteiger partial charge in [0.1, 0.15) is 5.02 Å². The van der Waals surface area contributed by atoms with E-state index in [1.807, 2.05) is 30.0 Å². The quantitative estimate of drug-likeness (QED) is 0.249. The number of anilines is 4. The van der Waals surface area contributed by atoms with Crippen LogP contribution in [-0.2, 0) is 4.74 Å². The first-order chi connectivity index (χ1) is 16.4. The Morgan fingerprint density at radius 1 is 1.18 bits per heavy atom. The minimum atomic E-state index is -0.547. The van der Waals surface area contributed by atoms with E-state index in [0.717, 1.165) is 15.7 Å². The maximum atomic E-state index is 11.1. The van der Waals surface area contributed by atoms with Gasteiger partial charge in [0.2, 0.25) is 17.8 Å². The second kappa shape index (κ2) is 10.7. The molecule has 0 bridgehead atoms. The van der Waals surface area contributed by atoms with Gasteiger partial charge in [-0.05, 0) is 46.6 Å². The van der Waals surface area contributed by atoms with Gasteiger partial charge in [-0.2, -0.15) is 20.1 Å². The zero-order chi connectivity index (χ0) is 24.1. The summed E-state index contributed by atoms with van der Waals surface area (Å²) >= 11 is 9.41. The molecule has 2 heterocycles. The van der Waals surface area contributed by atoms with Crippen molar-refractivity contribution >= 4 is 63.0 Å². The van der Waals surface area contributed by atoms with E-state index < -0.39 is 4.92 Å². The van der Waals surface area contributed by atoms with Gasteiger partial charge in [0.15, 0.2) is 0 Å². The molecule has 3 aromatic rings. The summed E-state index contributed by atoms with van der Waals surface area (Å²) in [6, 6.07) is 10.3. The maximum absolute atomic E-state index is 11.1. The fourth-order valence-electron chi connectivity index (χ4n) is 3.13. The van der Waals surface area contributed by atoms with E-state index in [-0.39, 0.29) is 16.7 Å². The molecule has 2 N–H and O–H groups in total. The average Bonchev–Trinajstić information content (AvgIpc) is 2.82. The topological polar surface area (TPSA) is 131 Å². The number of nitrogens with zero attached hydrogens (tertiary/aromatic N) is 6. The zero-order valence-electron chi connectivity index (χ0n) is 18.0. The maximum Gasteiger partial charge on any atom is 0.288 e. The van der Waals surface area contributed by atoms with Crippen molar-refractivity contribution in [3.8, 4) is 0 Å². The van der Waals surface area contributed by atoms with Crippen molar-refractivity contribution in [3.05, 3.63) is 67.1 Å². The Morgan fingerprint density at radius 3 is 2.68 bits per heavy atom. The van der Waals surface area contributed by atoms with E-state index >= 15 is 0 Å². The zero-order valence-corrected chi connectivity index (χ0v) is 20.4. The van der Waals surface area contributed by atoms with Crippen LogP contribution >= 0.6 is 27.5 Å². The van der Waals surface area contributed by atoms with Crippen LogP contribution < -0.4 is 15.6 Å². The van der Waals surface area contributed by atoms with Gasteiger partial charge in [-0.3, -0.25) is 10.1 Å². The highest BCUT2D eigenvalue weighted by Crippen LogP contribution is 2.27. The molecule has 1 aliphatic heterocycles.